The number of benzene rings is 2. The third-order valence-electron chi connectivity index (χ3n) is 5.05. The highest BCUT2D eigenvalue weighted by Gasteiger charge is 2.18. The van der Waals surface area contributed by atoms with E-state index < -0.39 is 4.92 Å². The Morgan fingerprint density at radius 1 is 1.13 bits per heavy atom. The van der Waals surface area contributed by atoms with E-state index in [4.69, 9.17) is 0 Å². The molecule has 1 N–H and O–H groups in total. The van der Waals surface area contributed by atoms with Gasteiger partial charge in [-0.25, -0.2) is 5.43 Å². The van der Waals surface area contributed by atoms with Crippen molar-refractivity contribution >= 4 is 23.5 Å². The lowest BCUT2D eigenvalue weighted by Crippen LogP contribution is -2.38. The molecule has 1 aliphatic rings. The normalized spacial score (nSPS) is 13.3. The van der Waals surface area contributed by atoms with Crippen molar-refractivity contribution in [3.8, 4) is 5.69 Å². The Hall–Kier alpha value is -3.94. The Morgan fingerprint density at radius 3 is 2.73 bits per heavy atom. The van der Waals surface area contributed by atoms with Gasteiger partial charge in [-0.05, 0) is 48.7 Å². The number of carbonyl (C=O) groups excluding carboxylic acids is 1. The molecule has 0 aliphatic carbocycles. The van der Waals surface area contributed by atoms with Crippen LogP contribution in [0.4, 0.5) is 11.4 Å². The zero-order chi connectivity index (χ0) is 20.9. The van der Waals surface area contributed by atoms with E-state index in [-0.39, 0.29) is 18.1 Å². The monoisotopic (exact) mass is 403 g/mol. The van der Waals surface area contributed by atoms with Crippen LogP contribution in [0.25, 0.3) is 5.69 Å². The average molecular weight is 403 g/mol. The van der Waals surface area contributed by atoms with E-state index in [0.29, 0.717) is 0 Å². The number of aromatic nitrogens is 1. The zero-order valence-electron chi connectivity index (χ0n) is 16.3. The Kier molecular flexibility index (Phi) is 5.56. The van der Waals surface area contributed by atoms with Crippen LogP contribution in [0.2, 0.25) is 0 Å². The maximum atomic E-state index is 12.4. The maximum Gasteiger partial charge on any atom is 0.269 e. The number of non-ortho nitro benzene ring substituents is 1. The van der Waals surface area contributed by atoms with Gasteiger partial charge in [-0.15, -0.1) is 0 Å². The first-order valence-corrected chi connectivity index (χ1v) is 9.69. The fraction of sp³-hybridized carbons (Fsp3) is 0.182. The van der Waals surface area contributed by atoms with Gasteiger partial charge in [-0.3, -0.25) is 14.9 Å². The molecule has 0 fully saturated rings. The number of hydrogen-bond donors (Lipinski definition) is 1. The summed E-state index contributed by atoms with van der Waals surface area (Å²) in [7, 11) is 0. The van der Waals surface area contributed by atoms with Crippen molar-refractivity contribution < 1.29 is 9.72 Å². The lowest BCUT2D eigenvalue weighted by molar-refractivity contribution is -0.384. The smallest absolute Gasteiger partial charge is 0.269 e. The zero-order valence-corrected chi connectivity index (χ0v) is 16.3. The largest absolute Gasteiger partial charge is 0.362 e. The van der Waals surface area contributed by atoms with Gasteiger partial charge >= 0.3 is 0 Å². The Bertz CT molecular complexity index is 1090. The van der Waals surface area contributed by atoms with Crippen molar-refractivity contribution in [1.82, 2.24) is 9.99 Å². The summed E-state index contributed by atoms with van der Waals surface area (Å²) >= 11 is 0. The molecule has 2 heterocycles. The van der Waals surface area contributed by atoms with Crippen LogP contribution in [0.15, 0.2) is 72.0 Å². The number of anilines is 1. The van der Waals surface area contributed by atoms with Gasteiger partial charge in [0, 0.05) is 36.2 Å². The first kappa shape index (κ1) is 19.4. The molecule has 152 valence electrons. The van der Waals surface area contributed by atoms with Crippen molar-refractivity contribution in [1.29, 1.82) is 0 Å². The minimum atomic E-state index is -0.432. The minimum Gasteiger partial charge on any atom is -0.362 e. The molecule has 2 aromatic carbocycles. The van der Waals surface area contributed by atoms with Gasteiger partial charge < -0.3 is 9.47 Å². The summed E-state index contributed by atoms with van der Waals surface area (Å²) in [4.78, 5) is 24.8. The molecule has 0 radical (unpaired) electrons. The van der Waals surface area contributed by atoms with Crippen molar-refractivity contribution in [3.63, 3.8) is 0 Å². The number of rotatable bonds is 6. The SMILES string of the molecule is O=C(CN1CCCc2ccccc21)N/N=C\c1cccn1-c1ccc([N+](=O)[O-])cc1. The standard InChI is InChI=1S/C22H21N5O3/c28-22(16-25-13-3-6-17-5-1-2-8-21(17)25)24-23-15-20-7-4-14-26(20)18-9-11-19(12-10-18)27(29)30/h1-2,4-5,7-12,14-15H,3,6,13,16H2,(H,24,28)/b23-15-. The molecule has 0 spiro atoms. The predicted molar refractivity (Wildman–Crippen MR) is 115 cm³/mol. The van der Waals surface area contributed by atoms with Crippen molar-refractivity contribution in [2.75, 3.05) is 18.0 Å². The van der Waals surface area contributed by atoms with Crippen LogP contribution in [0, 0.1) is 10.1 Å². The summed E-state index contributed by atoms with van der Waals surface area (Å²) in [5.41, 5.74) is 6.50. The van der Waals surface area contributed by atoms with Crippen LogP contribution in [0.3, 0.4) is 0 Å². The highest BCUT2D eigenvalue weighted by Crippen LogP contribution is 2.26. The Labute approximate surface area is 173 Å². The first-order valence-electron chi connectivity index (χ1n) is 9.69. The van der Waals surface area contributed by atoms with Crippen LogP contribution in [-0.2, 0) is 11.2 Å². The third-order valence-corrected chi connectivity index (χ3v) is 5.05. The molecule has 0 saturated carbocycles. The summed E-state index contributed by atoms with van der Waals surface area (Å²) in [6, 6.07) is 18.1. The van der Waals surface area contributed by atoms with Crippen molar-refractivity contribution in [2.24, 2.45) is 5.10 Å². The highest BCUT2D eigenvalue weighted by molar-refractivity contribution is 5.84. The van der Waals surface area contributed by atoms with Gasteiger partial charge in [0.2, 0.25) is 0 Å². The maximum absolute atomic E-state index is 12.4. The van der Waals surface area contributed by atoms with Gasteiger partial charge in [-0.2, -0.15) is 5.10 Å². The number of nitro benzene ring substituents is 1. The van der Waals surface area contributed by atoms with Gasteiger partial charge in [0.1, 0.15) is 0 Å². The fourth-order valence-corrected chi connectivity index (χ4v) is 3.62. The van der Waals surface area contributed by atoms with Crippen LogP contribution >= 0.6 is 0 Å². The van der Waals surface area contributed by atoms with E-state index in [9.17, 15) is 14.9 Å². The molecule has 0 unspecified atom stereocenters. The van der Waals surface area contributed by atoms with E-state index >= 15 is 0 Å². The quantitative estimate of drug-likeness (QED) is 0.388. The van der Waals surface area contributed by atoms with Gasteiger partial charge in [0.05, 0.1) is 23.4 Å². The number of hydrogen-bond acceptors (Lipinski definition) is 5. The molecule has 3 aromatic rings. The topological polar surface area (TPSA) is 92.8 Å². The second-order valence-electron chi connectivity index (χ2n) is 7.02. The lowest BCUT2D eigenvalue weighted by Gasteiger charge is -2.30. The lowest BCUT2D eigenvalue weighted by atomic mass is 10.0. The van der Waals surface area contributed by atoms with Gasteiger partial charge in [-0.1, -0.05) is 18.2 Å². The molecule has 0 bridgehead atoms. The van der Waals surface area contributed by atoms with Crippen LogP contribution in [0.1, 0.15) is 17.7 Å². The number of nitrogens with one attached hydrogen (secondary N) is 1. The molecule has 0 saturated heterocycles. The van der Waals surface area contributed by atoms with Crippen molar-refractivity contribution in [3.05, 3.63) is 88.2 Å². The summed E-state index contributed by atoms with van der Waals surface area (Å²) in [5.74, 6) is -0.184. The molecular formula is C22H21N5O3. The minimum absolute atomic E-state index is 0.0349. The number of para-hydroxylation sites is 1. The number of nitrogens with zero attached hydrogens (tertiary/aromatic N) is 4. The summed E-state index contributed by atoms with van der Waals surface area (Å²) in [6.07, 6.45) is 5.45. The Morgan fingerprint density at radius 2 is 1.93 bits per heavy atom. The number of hydrazone groups is 1. The van der Waals surface area contributed by atoms with E-state index in [1.807, 2.05) is 41.1 Å². The van der Waals surface area contributed by atoms with E-state index in [1.165, 1.54) is 17.7 Å². The highest BCUT2D eigenvalue weighted by atomic mass is 16.6. The third kappa shape index (κ3) is 4.22. The average Bonchev–Trinajstić information content (AvgIpc) is 3.22. The molecule has 1 aromatic heterocycles. The van der Waals surface area contributed by atoms with Gasteiger partial charge in [0.25, 0.3) is 11.6 Å². The van der Waals surface area contributed by atoms with E-state index in [0.717, 1.165) is 36.5 Å². The van der Waals surface area contributed by atoms with Crippen molar-refractivity contribution in [2.45, 2.75) is 12.8 Å². The number of nitro groups is 1. The number of carbonyl (C=O) groups is 1. The molecule has 1 aliphatic heterocycles. The van der Waals surface area contributed by atoms with E-state index in [2.05, 4.69) is 21.5 Å². The fourth-order valence-electron chi connectivity index (χ4n) is 3.62. The Balaban J connectivity index is 1.39. The first-order chi connectivity index (χ1) is 14.6. The van der Waals surface area contributed by atoms with Gasteiger partial charge in [0.15, 0.2) is 0 Å². The number of fused-ring (bicyclic) bond motifs is 1. The number of amides is 1. The van der Waals surface area contributed by atoms with Crippen LogP contribution < -0.4 is 10.3 Å². The summed E-state index contributed by atoms with van der Waals surface area (Å²) in [6.45, 7) is 1.09. The molecule has 8 nitrogen and oxygen atoms in total. The molecule has 8 heteroatoms. The predicted octanol–water partition coefficient (Wildman–Crippen LogP) is 3.29. The second kappa shape index (κ2) is 8.60. The molecule has 0 atom stereocenters. The summed E-state index contributed by atoms with van der Waals surface area (Å²) < 4.78 is 1.83. The van der Waals surface area contributed by atoms with E-state index in [1.54, 1.807) is 18.3 Å². The molecule has 4 rings (SSSR count). The van der Waals surface area contributed by atoms with Crippen LogP contribution in [-0.4, -0.2) is 34.7 Å². The number of aryl methyl sites for hydroxylation is 1. The summed E-state index contributed by atoms with van der Waals surface area (Å²) in [5, 5.41) is 14.9. The van der Waals surface area contributed by atoms with Crippen LogP contribution in [0.5, 0.6) is 0 Å². The molecular weight excluding hydrogens is 382 g/mol. The molecule has 30 heavy (non-hydrogen) atoms. The second-order valence-corrected chi connectivity index (χ2v) is 7.02. The molecule has 1 amide bonds.